The molecule has 0 aliphatic rings. The number of hydrogen-bond acceptors (Lipinski definition) is 6. The zero-order valence-corrected chi connectivity index (χ0v) is 17.5. The van der Waals surface area contributed by atoms with E-state index in [4.69, 9.17) is 18.9 Å². The molecule has 0 saturated heterocycles. The van der Waals surface area contributed by atoms with E-state index in [1.165, 1.54) is 27.4 Å². The van der Waals surface area contributed by atoms with Gasteiger partial charge in [-0.15, -0.1) is 0 Å². The lowest BCUT2D eigenvalue weighted by Gasteiger charge is -2.15. The summed E-state index contributed by atoms with van der Waals surface area (Å²) in [7, 11) is 4.32. The quantitative estimate of drug-likeness (QED) is 0.550. The standard InChI is InChI=1S/C24H23NO6/c1-28-20-14-13-19(22(29-2)23(20)30-3)24(27)31-15-21(26)25-18-11-9-17(10-12-18)16-7-5-4-6-8-16/h4-14H,15H2,1-3H3,(H,25,26). The second-order valence-corrected chi connectivity index (χ2v) is 6.45. The monoisotopic (exact) mass is 421 g/mol. The van der Waals surface area contributed by atoms with Crippen LogP contribution < -0.4 is 19.5 Å². The molecular formula is C24H23NO6. The maximum atomic E-state index is 12.5. The lowest BCUT2D eigenvalue weighted by molar-refractivity contribution is -0.119. The van der Waals surface area contributed by atoms with Gasteiger partial charge in [0.05, 0.1) is 21.3 Å². The van der Waals surface area contributed by atoms with Gasteiger partial charge >= 0.3 is 5.97 Å². The minimum Gasteiger partial charge on any atom is -0.493 e. The van der Waals surface area contributed by atoms with Gasteiger partial charge in [0.1, 0.15) is 5.56 Å². The first kappa shape index (κ1) is 21.7. The first-order valence-electron chi connectivity index (χ1n) is 9.48. The molecule has 0 aliphatic carbocycles. The number of ether oxygens (including phenoxy) is 4. The normalized spacial score (nSPS) is 10.2. The van der Waals surface area contributed by atoms with Gasteiger partial charge in [-0.3, -0.25) is 4.79 Å². The molecule has 1 N–H and O–H groups in total. The zero-order valence-electron chi connectivity index (χ0n) is 17.5. The molecule has 3 rings (SSSR count). The summed E-state index contributed by atoms with van der Waals surface area (Å²) < 4.78 is 20.9. The molecule has 0 heterocycles. The Kier molecular flexibility index (Phi) is 7.11. The number of amides is 1. The summed E-state index contributed by atoms with van der Waals surface area (Å²) in [4.78, 5) is 24.7. The fraction of sp³-hybridized carbons (Fsp3) is 0.167. The topological polar surface area (TPSA) is 83.1 Å². The summed E-state index contributed by atoms with van der Waals surface area (Å²) in [6.07, 6.45) is 0. The van der Waals surface area contributed by atoms with Crippen molar-refractivity contribution in [3.63, 3.8) is 0 Å². The van der Waals surface area contributed by atoms with Crippen LogP contribution in [0.4, 0.5) is 5.69 Å². The van der Waals surface area contributed by atoms with Crippen molar-refractivity contribution in [1.82, 2.24) is 0 Å². The Bertz CT molecular complexity index is 1050. The van der Waals surface area contributed by atoms with Gasteiger partial charge in [-0.1, -0.05) is 42.5 Å². The van der Waals surface area contributed by atoms with Gasteiger partial charge in [0.15, 0.2) is 18.1 Å². The second kappa shape index (κ2) is 10.2. The van der Waals surface area contributed by atoms with Crippen molar-refractivity contribution < 1.29 is 28.5 Å². The highest BCUT2D eigenvalue weighted by Gasteiger charge is 2.22. The van der Waals surface area contributed by atoms with E-state index in [2.05, 4.69) is 5.32 Å². The third-order valence-corrected chi connectivity index (χ3v) is 4.53. The van der Waals surface area contributed by atoms with Crippen molar-refractivity contribution in [1.29, 1.82) is 0 Å². The molecule has 0 radical (unpaired) electrons. The minimum absolute atomic E-state index is 0.125. The van der Waals surface area contributed by atoms with Gasteiger partial charge in [0.25, 0.3) is 5.91 Å². The van der Waals surface area contributed by atoms with E-state index in [1.807, 2.05) is 42.5 Å². The average molecular weight is 421 g/mol. The molecule has 3 aromatic carbocycles. The fourth-order valence-corrected chi connectivity index (χ4v) is 3.04. The van der Waals surface area contributed by atoms with Crippen LogP contribution in [0.3, 0.4) is 0 Å². The van der Waals surface area contributed by atoms with E-state index in [0.717, 1.165) is 11.1 Å². The Morgan fingerprint density at radius 1 is 0.742 bits per heavy atom. The number of rotatable bonds is 8. The largest absolute Gasteiger partial charge is 0.493 e. The van der Waals surface area contributed by atoms with Gasteiger partial charge < -0.3 is 24.3 Å². The molecule has 0 unspecified atom stereocenters. The number of methoxy groups -OCH3 is 3. The van der Waals surface area contributed by atoms with Crippen LogP contribution in [0.5, 0.6) is 17.2 Å². The van der Waals surface area contributed by atoms with Crippen LogP contribution in [0, 0.1) is 0 Å². The summed E-state index contributed by atoms with van der Waals surface area (Å²) >= 11 is 0. The van der Waals surface area contributed by atoms with Crippen LogP contribution in [-0.4, -0.2) is 39.8 Å². The highest BCUT2D eigenvalue weighted by atomic mass is 16.5. The average Bonchev–Trinajstić information content (AvgIpc) is 2.82. The molecule has 0 aliphatic heterocycles. The summed E-state index contributed by atoms with van der Waals surface area (Å²) in [6, 6.07) is 20.4. The van der Waals surface area contributed by atoms with Crippen LogP contribution in [0.2, 0.25) is 0 Å². The van der Waals surface area contributed by atoms with Crippen LogP contribution in [-0.2, 0) is 9.53 Å². The summed E-state index contributed by atoms with van der Waals surface area (Å²) in [5.41, 5.74) is 2.84. The smallest absolute Gasteiger partial charge is 0.342 e. The number of anilines is 1. The highest BCUT2D eigenvalue weighted by molar-refractivity contribution is 5.97. The van der Waals surface area contributed by atoms with E-state index in [-0.39, 0.29) is 17.1 Å². The van der Waals surface area contributed by atoms with E-state index in [9.17, 15) is 9.59 Å². The first-order chi connectivity index (χ1) is 15.1. The lowest BCUT2D eigenvalue weighted by atomic mass is 10.1. The second-order valence-electron chi connectivity index (χ2n) is 6.45. The van der Waals surface area contributed by atoms with E-state index in [0.29, 0.717) is 11.4 Å². The molecular weight excluding hydrogens is 398 g/mol. The summed E-state index contributed by atoms with van der Waals surface area (Å²) in [5.74, 6) is -0.327. The molecule has 7 heteroatoms. The van der Waals surface area contributed by atoms with Crippen LogP contribution in [0.1, 0.15) is 10.4 Å². The number of carbonyl (C=O) groups is 2. The first-order valence-corrected chi connectivity index (χ1v) is 9.48. The summed E-state index contributed by atoms with van der Waals surface area (Å²) in [6.45, 7) is -0.448. The molecule has 7 nitrogen and oxygen atoms in total. The van der Waals surface area contributed by atoms with Crippen molar-refractivity contribution in [2.75, 3.05) is 33.3 Å². The van der Waals surface area contributed by atoms with Gasteiger partial charge in [-0.25, -0.2) is 4.79 Å². The maximum Gasteiger partial charge on any atom is 0.342 e. The van der Waals surface area contributed by atoms with Gasteiger partial charge in [-0.2, -0.15) is 0 Å². The Morgan fingerprint density at radius 3 is 2.00 bits per heavy atom. The fourth-order valence-electron chi connectivity index (χ4n) is 3.04. The predicted molar refractivity (Wildman–Crippen MR) is 117 cm³/mol. The molecule has 0 spiro atoms. The molecule has 3 aromatic rings. The highest BCUT2D eigenvalue weighted by Crippen LogP contribution is 2.39. The van der Waals surface area contributed by atoms with E-state index < -0.39 is 18.5 Å². The van der Waals surface area contributed by atoms with Crippen LogP contribution >= 0.6 is 0 Å². The van der Waals surface area contributed by atoms with E-state index in [1.54, 1.807) is 18.2 Å². The van der Waals surface area contributed by atoms with Crippen molar-refractivity contribution in [2.24, 2.45) is 0 Å². The third-order valence-electron chi connectivity index (χ3n) is 4.53. The van der Waals surface area contributed by atoms with Crippen molar-refractivity contribution >= 4 is 17.6 Å². The molecule has 160 valence electrons. The lowest BCUT2D eigenvalue weighted by Crippen LogP contribution is -2.21. The van der Waals surface area contributed by atoms with E-state index >= 15 is 0 Å². The van der Waals surface area contributed by atoms with Crippen molar-refractivity contribution in [3.05, 3.63) is 72.3 Å². The zero-order chi connectivity index (χ0) is 22.2. The molecule has 0 aromatic heterocycles. The predicted octanol–water partition coefficient (Wildman–Crippen LogP) is 4.17. The molecule has 0 atom stereocenters. The number of benzene rings is 3. The van der Waals surface area contributed by atoms with Gasteiger partial charge in [-0.05, 0) is 35.4 Å². The minimum atomic E-state index is -0.715. The maximum absolute atomic E-state index is 12.5. The van der Waals surface area contributed by atoms with Crippen LogP contribution in [0.25, 0.3) is 11.1 Å². The number of carbonyl (C=O) groups excluding carboxylic acids is 2. The molecule has 1 amide bonds. The molecule has 0 fully saturated rings. The number of esters is 1. The number of nitrogens with one attached hydrogen (secondary N) is 1. The molecule has 31 heavy (non-hydrogen) atoms. The Balaban J connectivity index is 1.61. The Hall–Kier alpha value is -4.00. The van der Waals surface area contributed by atoms with Crippen molar-refractivity contribution in [2.45, 2.75) is 0 Å². The SMILES string of the molecule is COc1ccc(C(=O)OCC(=O)Nc2ccc(-c3ccccc3)cc2)c(OC)c1OC. The Labute approximate surface area is 180 Å². The Morgan fingerprint density at radius 2 is 1.39 bits per heavy atom. The van der Waals surface area contributed by atoms with Crippen LogP contribution in [0.15, 0.2) is 66.7 Å². The van der Waals surface area contributed by atoms with Crippen molar-refractivity contribution in [3.8, 4) is 28.4 Å². The number of hydrogen-bond donors (Lipinski definition) is 1. The third kappa shape index (κ3) is 5.14. The molecule has 0 bridgehead atoms. The van der Waals surface area contributed by atoms with Gasteiger partial charge in [0, 0.05) is 5.69 Å². The van der Waals surface area contributed by atoms with Gasteiger partial charge in [0.2, 0.25) is 5.75 Å². The molecule has 0 saturated carbocycles. The summed E-state index contributed by atoms with van der Waals surface area (Å²) in [5, 5.41) is 2.70.